The highest BCUT2D eigenvalue weighted by atomic mass is 32.2. The van der Waals surface area contributed by atoms with Crippen LogP contribution in [0.3, 0.4) is 0 Å². The Morgan fingerprint density at radius 3 is 1.46 bits per heavy atom. The highest BCUT2D eigenvalue weighted by Gasteiger charge is 2.48. The van der Waals surface area contributed by atoms with E-state index < -0.39 is 10.8 Å². The molecule has 13 heavy (non-hydrogen) atoms. The topological polar surface area (TPSA) is 17.1 Å². The largest absolute Gasteiger partial charge is 0.258 e. The summed E-state index contributed by atoms with van der Waals surface area (Å²) in [4.78, 5) is 0. The van der Waals surface area contributed by atoms with Gasteiger partial charge < -0.3 is 0 Å². The van der Waals surface area contributed by atoms with E-state index in [2.05, 4.69) is 41.5 Å². The van der Waals surface area contributed by atoms with Crippen LogP contribution in [0.4, 0.5) is 0 Å². The number of hydrogen-bond donors (Lipinski definition) is 0. The fourth-order valence-electron chi connectivity index (χ4n) is 3.25. The summed E-state index contributed by atoms with van der Waals surface area (Å²) in [7, 11) is -0.707. The Kier molecular flexibility index (Phi) is 2.43. The van der Waals surface area contributed by atoms with Gasteiger partial charge in [-0.05, 0) is 46.0 Å². The van der Waals surface area contributed by atoms with Gasteiger partial charge in [0, 0.05) is 20.3 Å². The molecule has 0 saturated carbocycles. The van der Waals surface area contributed by atoms with Crippen LogP contribution in [-0.2, 0) is 10.8 Å². The summed E-state index contributed by atoms with van der Waals surface area (Å²) in [6.07, 6.45) is 2.13. The van der Waals surface area contributed by atoms with Crippen molar-refractivity contribution in [3.05, 3.63) is 0 Å². The molecule has 0 atom stereocenters. The lowest BCUT2D eigenvalue weighted by Crippen LogP contribution is -2.50. The average Bonchev–Trinajstić information content (AvgIpc) is 1.77. The molecule has 0 bridgehead atoms. The van der Waals surface area contributed by atoms with Crippen LogP contribution in [0.2, 0.25) is 0 Å². The lowest BCUT2D eigenvalue weighted by atomic mass is 9.76. The summed E-state index contributed by atoms with van der Waals surface area (Å²) in [5, 5.41) is 0. The third-order valence-corrected chi connectivity index (χ3v) is 5.11. The van der Waals surface area contributed by atoms with Gasteiger partial charge >= 0.3 is 0 Å². The molecular formula is C11H22OS. The first-order valence-corrected chi connectivity index (χ1v) is 6.14. The van der Waals surface area contributed by atoms with Crippen molar-refractivity contribution < 1.29 is 4.21 Å². The fourth-order valence-corrected chi connectivity index (χ4v) is 5.79. The summed E-state index contributed by atoms with van der Waals surface area (Å²) in [5.74, 6) is 0. The van der Waals surface area contributed by atoms with Crippen LogP contribution in [0.5, 0.6) is 0 Å². The van der Waals surface area contributed by atoms with Crippen LogP contribution >= 0.6 is 0 Å². The van der Waals surface area contributed by atoms with E-state index in [0.29, 0.717) is 5.41 Å². The van der Waals surface area contributed by atoms with E-state index in [4.69, 9.17) is 0 Å². The standard InChI is InChI=1S/C11H22OS/c1-9(2)7-10(3,4)13(12)11(5,6)8-9/h7-8H2,1-6H3. The van der Waals surface area contributed by atoms with E-state index in [-0.39, 0.29) is 9.49 Å². The van der Waals surface area contributed by atoms with Crippen molar-refractivity contribution in [3.63, 3.8) is 0 Å². The lowest BCUT2D eigenvalue weighted by molar-refractivity contribution is 0.229. The molecule has 0 radical (unpaired) electrons. The Morgan fingerprint density at radius 2 is 1.15 bits per heavy atom. The van der Waals surface area contributed by atoms with Gasteiger partial charge in [0.1, 0.15) is 0 Å². The van der Waals surface area contributed by atoms with E-state index in [1.165, 1.54) is 0 Å². The zero-order valence-electron chi connectivity index (χ0n) is 9.73. The van der Waals surface area contributed by atoms with Gasteiger partial charge in [-0.15, -0.1) is 0 Å². The van der Waals surface area contributed by atoms with E-state index in [1.807, 2.05) is 0 Å². The van der Waals surface area contributed by atoms with Crippen molar-refractivity contribution in [1.82, 2.24) is 0 Å². The molecule has 0 aliphatic carbocycles. The summed E-state index contributed by atoms with van der Waals surface area (Å²) < 4.78 is 12.1. The molecule has 0 aromatic heterocycles. The van der Waals surface area contributed by atoms with Crippen LogP contribution in [0, 0.1) is 5.41 Å². The Balaban J connectivity index is 3.03. The second kappa shape index (κ2) is 2.82. The molecule has 1 aliphatic rings. The molecular weight excluding hydrogens is 180 g/mol. The molecule has 0 N–H and O–H groups in total. The molecule has 1 fully saturated rings. The van der Waals surface area contributed by atoms with E-state index in [9.17, 15) is 4.21 Å². The van der Waals surface area contributed by atoms with Gasteiger partial charge in [-0.1, -0.05) is 13.8 Å². The van der Waals surface area contributed by atoms with E-state index >= 15 is 0 Å². The zero-order valence-corrected chi connectivity index (χ0v) is 10.5. The molecule has 2 heteroatoms. The van der Waals surface area contributed by atoms with Gasteiger partial charge in [0.05, 0.1) is 0 Å². The predicted octanol–water partition coefficient (Wildman–Crippen LogP) is 3.11. The highest BCUT2D eigenvalue weighted by Crippen LogP contribution is 2.47. The Labute approximate surface area is 84.8 Å². The maximum Gasteiger partial charge on any atom is 0.0413 e. The third kappa shape index (κ3) is 2.15. The second-order valence-electron chi connectivity index (χ2n) is 6.31. The zero-order chi connectivity index (χ0) is 10.5. The van der Waals surface area contributed by atoms with Crippen molar-refractivity contribution in [2.45, 2.75) is 63.9 Å². The maximum atomic E-state index is 12.2. The van der Waals surface area contributed by atoms with Crippen molar-refractivity contribution in [2.75, 3.05) is 0 Å². The average molecular weight is 202 g/mol. The van der Waals surface area contributed by atoms with Crippen LogP contribution in [-0.4, -0.2) is 13.7 Å². The molecule has 78 valence electrons. The quantitative estimate of drug-likeness (QED) is 0.590. The smallest absolute Gasteiger partial charge is 0.0413 e. The highest BCUT2D eigenvalue weighted by molar-refractivity contribution is 7.87. The molecule has 0 amide bonds. The van der Waals surface area contributed by atoms with Crippen molar-refractivity contribution in [2.24, 2.45) is 5.41 Å². The first-order chi connectivity index (χ1) is 5.57. The van der Waals surface area contributed by atoms with Crippen molar-refractivity contribution in [1.29, 1.82) is 0 Å². The van der Waals surface area contributed by atoms with Crippen LogP contribution in [0.1, 0.15) is 54.4 Å². The van der Waals surface area contributed by atoms with Gasteiger partial charge in [-0.25, -0.2) is 0 Å². The first-order valence-electron chi connectivity index (χ1n) is 4.99. The molecule has 1 saturated heterocycles. The van der Waals surface area contributed by atoms with E-state index in [1.54, 1.807) is 0 Å². The third-order valence-electron chi connectivity index (χ3n) is 2.81. The van der Waals surface area contributed by atoms with Gasteiger partial charge in [0.25, 0.3) is 0 Å². The van der Waals surface area contributed by atoms with Crippen LogP contribution in [0.15, 0.2) is 0 Å². The van der Waals surface area contributed by atoms with Crippen molar-refractivity contribution in [3.8, 4) is 0 Å². The van der Waals surface area contributed by atoms with Gasteiger partial charge in [0.15, 0.2) is 0 Å². The Morgan fingerprint density at radius 1 is 0.846 bits per heavy atom. The van der Waals surface area contributed by atoms with E-state index in [0.717, 1.165) is 12.8 Å². The molecule has 1 heterocycles. The first kappa shape index (κ1) is 11.2. The second-order valence-corrected chi connectivity index (χ2v) is 9.05. The monoisotopic (exact) mass is 202 g/mol. The predicted molar refractivity (Wildman–Crippen MR) is 59.3 cm³/mol. The van der Waals surface area contributed by atoms with Crippen LogP contribution < -0.4 is 0 Å². The summed E-state index contributed by atoms with van der Waals surface area (Å²) in [5.41, 5.74) is 0.334. The number of hydrogen-bond acceptors (Lipinski definition) is 1. The Hall–Kier alpha value is 0.150. The van der Waals surface area contributed by atoms with Crippen molar-refractivity contribution >= 4 is 10.8 Å². The Bertz CT molecular complexity index is 216. The normalized spacial score (nSPS) is 31.5. The fraction of sp³-hybridized carbons (Fsp3) is 1.00. The summed E-state index contributed by atoms with van der Waals surface area (Å²) in [6, 6.07) is 0. The summed E-state index contributed by atoms with van der Waals surface area (Å²) in [6.45, 7) is 13.1. The molecule has 1 aliphatic heterocycles. The molecule has 0 unspecified atom stereocenters. The SMILES string of the molecule is CC1(C)CC(C)(C)S(=O)C(C)(C)C1. The molecule has 1 rings (SSSR count). The van der Waals surface area contributed by atoms with Gasteiger partial charge in [-0.3, -0.25) is 4.21 Å². The lowest BCUT2D eigenvalue weighted by Gasteiger charge is -2.48. The summed E-state index contributed by atoms with van der Waals surface area (Å²) >= 11 is 0. The minimum Gasteiger partial charge on any atom is -0.258 e. The molecule has 0 spiro atoms. The minimum atomic E-state index is -0.707. The number of rotatable bonds is 0. The minimum absolute atomic E-state index is 0.0226. The maximum absolute atomic E-state index is 12.2. The van der Waals surface area contributed by atoms with Gasteiger partial charge in [0.2, 0.25) is 0 Å². The molecule has 0 aromatic rings. The van der Waals surface area contributed by atoms with Crippen LogP contribution in [0.25, 0.3) is 0 Å². The van der Waals surface area contributed by atoms with Gasteiger partial charge in [-0.2, -0.15) is 0 Å². The molecule has 1 nitrogen and oxygen atoms in total. The molecule has 0 aromatic carbocycles.